The third-order valence-corrected chi connectivity index (χ3v) is 5.00. The summed E-state index contributed by atoms with van der Waals surface area (Å²) in [5.74, 6) is -0.339. The van der Waals surface area contributed by atoms with Gasteiger partial charge in [-0.3, -0.25) is 0 Å². The summed E-state index contributed by atoms with van der Waals surface area (Å²) in [6.45, 7) is 0. The summed E-state index contributed by atoms with van der Waals surface area (Å²) in [7, 11) is 0. The molecule has 0 aliphatic heterocycles. The standard InChI is InChI=1S/C16H13BrCl2F2/c17-13-4-5-15(21)11(6-13)8-16(9-18,10-19)12-2-1-3-14(20)7-12/h1-7H,8-10H2. The van der Waals surface area contributed by atoms with Crippen LogP contribution in [0, 0.1) is 11.6 Å². The summed E-state index contributed by atoms with van der Waals surface area (Å²) in [6, 6.07) is 10.8. The van der Waals surface area contributed by atoms with Crippen LogP contribution in [0.25, 0.3) is 0 Å². The Morgan fingerprint density at radius 1 is 1.00 bits per heavy atom. The number of halogens is 5. The SMILES string of the molecule is Fc1cccc(C(CCl)(CCl)Cc2cc(Br)ccc2F)c1. The molecule has 0 aromatic heterocycles. The van der Waals surface area contributed by atoms with Crippen LogP contribution in [-0.2, 0) is 11.8 Å². The predicted molar refractivity (Wildman–Crippen MR) is 87.3 cm³/mol. The largest absolute Gasteiger partial charge is 0.207 e. The van der Waals surface area contributed by atoms with Gasteiger partial charge in [-0.05, 0) is 47.9 Å². The molecule has 0 amide bonds. The van der Waals surface area contributed by atoms with Crippen molar-refractivity contribution < 1.29 is 8.78 Å². The van der Waals surface area contributed by atoms with E-state index in [0.717, 1.165) is 4.47 Å². The lowest BCUT2D eigenvalue weighted by Crippen LogP contribution is -2.33. The molecule has 0 fully saturated rings. The van der Waals surface area contributed by atoms with Crippen molar-refractivity contribution in [2.24, 2.45) is 0 Å². The number of rotatable bonds is 5. The average Bonchev–Trinajstić information content (AvgIpc) is 2.48. The highest BCUT2D eigenvalue weighted by molar-refractivity contribution is 9.10. The molecule has 2 aromatic carbocycles. The molecule has 0 spiro atoms. The van der Waals surface area contributed by atoms with Gasteiger partial charge in [0, 0.05) is 21.6 Å². The predicted octanol–water partition coefficient (Wildman–Crippen LogP) is 5.69. The molecule has 21 heavy (non-hydrogen) atoms. The molecule has 0 heterocycles. The molecule has 112 valence electrons. The molecule has 0 radical (unpaired) electrons. The first kappa shape index (κ1) is 16.7. The smallest absolute Gasteiger partial charge is 0.126 e. The number of hydrogen-bond donors (Lipinski definition) is 0. The van der Waals surface area contributed by atoms with Crippen LogP contribution in [0.1, 0.15) is 11.1 Å². The van der Waals surface area contributed by atoms with E-state index in [1.165, 1.54) is 18.2 Å². The van der Waals surface area contributed by atoms with Crippen molar-refractivity contribution in [3.8, 4) is 0 Å². The first-order chi connectivity index (χ1) is 10.0. The lowest BCUT2D eigenvalue weighted by Gasteiger charge is -2.30. The van der Waals surface area contributed by atoms with Crippen molar-refractivity contribution in [3.05, 3.63) is 69.7 Å². The van der Waals surface area contributed by atoms with Crippen LogP contribution in [-0.4, -0.2) is 11.8 Å². The maximum atomic E-state index is 14.0. The second-order valence-electron chi connectivity index (χ2n) is 4.97. The molecule has 0 bridgehead atoms. The summed E-state index contributed by atoms with van der Waals surface area (Å²) in [6.07, 6.45) is 0.300. The summed E-state index contributed by atoms with van der Waals surface area (Å²) in [5.41, 5.74) is 0.453. The molecule has 0 N–H and O–H groups in total. The van der Waals surface area contributed by atoms with Crippen LogP contribution >= 0.6 is 39.1 Å². The quantitative estimate of drug-likeness (QED) is 0.572. The Bertz CT molecular complexity index is 627. The molecule has 0 saturated carbocycles. The normalized spacial score (nSPS) is 11.7. The van der Waals surface area contributed by atoms with Gasteiger partial charge in [0.15, 0.2) is 0 Å². The van der Waals surface area contributed by atoms with Gasteiger partial charge < -0.3 is 0 Å². The fraction of sp³-hybridized carbons (Fsp3) is 0.250. The lowest BCUT2D eigenvalue weighted by atomic mass is 9.78. The van der Waals surface area contributed by atoms with E-state index < -0.39 is 5.41 Å². The van der Waals surface area contributed by atoms with E-state index in [9.17, 15) is 8.78 Å². The minimum atomic E-state index is -0.715. The van der Waals surface area contributed by atoms with Crippen LogP contribution in [0.3, 0.4) is 0 Å². The van der Waals surface area contributed by atoms with Crippen LogP contribution in [0.2, 0.25) is 0 Å². The van der Waals surface area contributed by atoms with Crippen molar-refractivity contribution >= 4 is 39.1 Å². The number of alkyl halides is 2. The van der Waals surface area contributed by atoms with Gasteiger partial charge in [0.1, 0.15) is 11.6 Å². The molecule has 0 saturated heterocycles. The summed E-state index contributed by atoms with van der Waals surface area (Å²) in [5, 5.41) is 0. The molecule has 0 nitrogen and oxygen atoms in total. The summed E-state index contributed by atoms with van der Waals surface area (Å²) in [4.78, 5) is 0. The van der Waals surface area contributed by atoms with Crippen molar-refractivity contribution in [3.63, 3.8) is 0 Å². The molecule has 2 aromatic rings. The maximum Gasteiger partial charge on any atom is 0.126 e. The number of benzene rings is 2. The summed E-state index contributed by atoms with van der Waals surface area (Å²) >= 11 is 15.5. The van der Waals surface area contributed by atoms with Gasteiger partial charge >= 0.3 is 0 Å². The van der Waals surface area contributed by atoms with Crippen molar-refractivity contribution in [2.75, 3.05) is 11.8 Å². The lowest BCUT2D eigenvalue weighted by molar-refractivity contribution is 0.507. The van der Waals surface area contributed by atoms with Gasteiger partial charge in [-0.1, -0.05) is 28.1 Å². The Kier molecular flexibility index (Phi) is 5.64. The van der Waals surface area contributed by atoms with E-state index in [-0.39, 0.29) is 23.4 Å². The first-order valence-corrected chi connectivity index (χ1v) is 8.19. The Morgan fingerprint density at radius 2 is 1.71 bits per heavy atom. The Hall–Kier alpha value is -0.640. The highest BCUT2D eigenvalue weighted by atomic mass is 79.9. The third-order valence-electron chi connectivity index (χ3n) is 3.49. The van der Waals surface area contributed by atoms with E-state index in [1.807, 2.05) is 0 Å². The molecular weight excluding hydrogens is 381 g/mol. The van der Waals surface area contributed by atoms with Gasteiger partial charge in [-0.2, -0.15) is 0 Å². The Morgan fingerprint density at radius 3 is 2.33 bits per heavy atom. The minimum absolute atomic E-state index is 0.173. The average molecular weight is 394 g/mol. The van der Waals surface area contributed by atoms with Crippen LogP contribution in [0.5, 0.6) is 0 Å². The highest BCUT2D eigenvalue weighted by Gasteiger charge is 2.32. The van der Waals surface area contributed by atoms with Gasteiger partial charge in [-0.15, -0.1) is 23.2 Å². The first-order valence-electron chi connectivity index (χ1n) is 6.33. The molecule has 0 atom stereocenters. The topological polar surface area (TPSA) is 0 Å². The van der Waals surface area contributed by atoms with Gasteiger partial charge in [-0.25, -0.2) is 8.78 Å². The molecule has 0 aliphatic rings. The van der Waals surface area contributed by atoms with Gasteiger partial charge in [0.05, 0.1) is 0 Å². The Balaban J connectivity index is 2.45. The monoisotopic (exact) mass is 392 g/mol. The third kappa shape index (κ3) is 3.77. The van der Waals surface area contributed by atoms with Crippen LogP contribution in [0.4, 0.5) is 8.78 Å². The van der Waals surface area contributed by atoms with E-state index in [1.54, 1.807) is 24.3 Å². The second-order valence-corrected chi connectivity index (χ2v) is 6.42. The molecule has 0 unspecified atom stereocenters. The zero-order valence-corrected chi connectivity index (χ0v) is 14.2. The highest BCUT2D eigenvalue weighted by Crippen LogP contribution is 2.33. The summed E-state index contributed by atoms with van der Waals surface area (Å²) < 4.78 is 28.2. The maximum absolute atomic E-state index is 14.0. The van der Waals surface area contributed by atoms with E-state index >= 15 is 0 Å². The van der Waals surface area contributed by atoms with E-state index in [2.05, 4.69) is 15.9 Å². The van der Waals surface area contributed by atoms with Crippen LogP contribution in [0.15, 0.2) is 46.9 Å². The van der Waals surface area contributed by atoms with E-state index in [0.29, 0.717) is 17.5 Å². The molecule has 2 rings (SSSR count). The van der Waals surface area contributed by atoms with Crippen molar-refractivity contribution in [2.45, 2.75) is 11.8 Å². The number of hydrogen-bond acceptors (Lipinski definition) is 0. The molecule has 5 heteroatoms. The zero-order chi connectivity index (χ0) is 15.5. The van der Waals surface area contributed by atoms with E-state index in [4.69, 9.17) is 23.2 Å². The zero-order valence-electron chi connectivity index (χ0n) is 11.1. The van der Waals surface area contributed by atoms with Gasteiger partial charge in [0.25, 0.3) is 0 Å². The van der Waals surface area contributed by atoms with Crippen molar-refractivity contribution in [1.29, 1.82) is 0 Å². The minimum Gasteiger partial charge on any atom is -0.207 e. The molecule has 0 aliphatic carbocycles. The van der Waals surface area contributed by atoms with Crippen molar-refractivity contribution in [1.82, 2.24) is 0 Å². The Labute approximate surface area is 141 Å². The van der Waals surface area contributed by atoms with Crippen LogP contribution < -0.4 is 0 Å². The fourth-order valence-electron chi connectivity index (χ4n) is 2.25. The second kappa shape index (κ2) is 7.08. The molecular formula is C16H13BrCl2F2. The fourth-order valence-corrected chi connectivity index (χ4v) is 3.44. The van der Waals surface area contributed by atoms with Gasteiger partial charge in [0.2, 0.25) is 0 Å².